The number of morpholine rings is 1. The summed E-state index contributed by atoms with van der Waals surface area (Å²) in [5.41, 5.74) is 2.64. The maximum absolute atomic E-state index is 13.0. The van der Waals surface area contributed by atoms with Crippen LogP contribution in [-0.4, -0.2) is 72.1 Å². The Bertz CT molecular complexity index is 1190. The molecule has 0 amide bonds. The average molecular weight is 492 g/mol. The van der Waals surface area contributed by atoms with E-state index in [1.54, 1.807) is 18.2 Å². The summed E-state index contributed by atoms with van der Waals surface area (Å²) in [5, 5.41) is 11.1. The Morgan fingerprint density at radius 2 is 1.91 bits per heavy atom. The molecule has 178 valence electrons. The number of imidazole rings is 1. The molecule has 0 spiro atoms. The third-order valence-corrected chi connectivity index (χ3v) is 8.49. The van der Waals surface area contributed by atoms with Gasteiger partial charge in [-0.3, -0.25) is 0 Å². The molecule has 1 aliphatic rings. The average Bonchev–Trinajstić information content (AvgIpc) is 3.19. The predicted molar refractivity (Wildman–Crippen MR) is 128 cm³/mol. The SMILES string of the molecule is CCn1c(SC[C@H](O)COc2ccc(C)cc2)nc2cc(S(=O)(=O)N3CCOCC3)ccc21. The molecule has 2 heterocycles. The highest BCUT2D eigenvalue weighted by Crippen LogP contribution is 2.28. The second-order valence-electron chi connectivity index (χ2n) is 7.89. The lowest BCUT2D eigenvalue weighted by atomic mass is 10.2. The number of hydrogen-bond acceptors (Lipinski definition) is 7. The van der Waals surface area contributed by atoms with Crippen LogP contribution in [0.5, 0.6) is 5.75 Å². The van der Waals surface area contributed by atoms with E-state index in [2.05, 4.69) is 4.98 Å². The molecule has 8 nitrogen and oxygen atoms in total. The summed E-state index contributed by atoms with van der Waals surface area (Å²) in [5.74, 6) is 1.13. The lowest BCUT2D eigenvalue weighted by molar-refractivity contribution is 0.0730. The summed E-state index contributed by atoms with van der Waals surface area (Å²) in [7, 11) is -3.59. The number of aryl methyl sites for hydroxylation is 2. The van der Waals surface area contributed by atoms with Gasteiger partial charge in [0.25, 0.3) is 0 Å². The van der Waals surface area contributed by atoms with Crippen molar-refractivity contribution in [3.63, 3.8) is 0 Å². The van der Waals surface area contributed by atoms with Gasteiger partial charge in [0.2, 0.25) is 10.0 Å². The molecule has 4 rings (SSSR count). The number of aliphatic hydroxyl groups excluding tert-OH is 1. The fourth-order valence-corrected chi connectivity index (χ4v) is 6.06. The normalized spacial score (nSPS) is 16.2. The Labute approximate surface area is 198 Å². The van der Waals surface area contributed by atoms with Crippen LogP contribution in [0.4, 0.5) is 0 Å². The molecule has 33 heavy (non-hydrogen) atoms. The van der Waals surface area contributed by atoms with E-state index in [0.29, 0.717) is 44.1 Å². The van der Waals surface area contributed by atoms with Crippen LogP contribution < -0.4 is 4.74 Å². The van der Waals surface area contributed by atoms with Gasteiger partial charge in [-0.15, -0.1) is 0 Å². The first-order valence-electron chi connectivity index (χ1n) is 11.0. The van der Waals surface area contributed by atoms with E-state index in [9.17, 15) is 13.5 Å². The summed E-state index contributed by atoms with van der Waals surface area (Å²) in [6.45, 7) is 6.41. The molecular formula is C23H29N3O5S2. The first kappa shape index (κ1) is 24.0. The molecule has 1 fully saturated rings. The summed E-state index contributed by atoms with van der Waals surface area (Å²) < 4.78 is 40.4. The second-order valence-corrected chi connectivity index (χ2v) is 10.8. The number of aliphatic hydroxyl groups is 1. The summed E-state index contributed by atoms with van der Waals surface area (Å²) in [4.78, 5) is 4.91. The fraction of sp³-hybridized carbons (Fsp3) is 0.435. The summed E-state index contributed by atoms with van der Waals surface area (Å²) in [6.07, 6.45) is -0.668. The van der Waals surface area contributed by atoms with E-state index in [1.165, 1.54) is 16.1 Å². The van der Waals surface area contributed by atoms with E-state index in [4.69, 9.17) is 9.47 Å². The van der Waals surface area contributed by atoms with E-state index in [1.807, 2.05) is 42.7 Å². The molecule has 1 saturated heterocycles. The zero-order chi connectivity index (χ0) is 23.4. The largest absolute Gasteiger partial charge is 0.491 e. The Kier molecular flexibility index (Phi) is 7.60. The molecule has 0 aliphatic carbocycles. The second kappa shape index (κ2) is 10.4. The number of rotatable bonds is 9. The molecule has 1 atom stereocenters. The Hall–Kier alpha value is -2.11. The third kappa shape index (κ3) is 5.52. The Balaban J connectivity index is 1.45. The van der Waals surface area contributed by atoms with Crippen molar-refractivity contribution in [2.24, 2.45) is 0 Å². The third-order valence-electron chi connectivity index (χ3n) is 5.48. The van der Waals surface area contributed by atoms with Crippen LogP contribution in [0.3, 0.4) is 0 Å². The summed E-state index contributed by atoms with van der Waals surface area (Å²) >= 11 is 1.43. The van der Waals surface area contributed by atoms with E-state index in [0.717, 1.165) is 22.0 Å². The van der Waals surface area contributed by atoms with Gasteiger partial charge < -0.3 is 19.1 Å². The molecule has 0 unspecified atom stereocenters. The highest BCUT2D eigenvalue weighted by atomic mass is 32.2. The molecule has 1 aliphatic heterocycles. The van der Waals surface area contributed by atoms with Crippen LogP contribution in [0.1, 0.15) is 12.5 Å². The number of sulfonamides is 1. The Morgan fingerprint density at radius 3 is 2.61 bits per heavy atom. The topological polar surface area (TPSA) is 93.9 Å². The van der Waals surface area contributed by atoms with Crippen molar-refractivity contribution in [1.29, 1.82) is 0 Å². The zero-order valence-corrected chi connectivity index (χ0v) is 20.4. The van der Waals surface area contributed by atoms with Crippen molar-refractivity contribution in [2.45, 2.75) is 36.5 Å². The minimum absolute atomic E-state index is 0.185. The molecule has 3 aromatic rings. The quantitative estimate of drug-likeness (QED) is 0.460. The predicted octanol–water partition coefficient (Wildman–Crippen LogP) is 2.92. The van der Waals surface area contributed by atoms with Crippen LogP contribution in [-0.2, 0) is 21.3 Å². The van der Waals surface area contributed by atoms with Gasteiger partial charge >= 0.3 is 0 Å². The van der Waals surface area contributed by atoms with Crippen LogP contribution in [0.15, 0.2) is 52.5 Å². The highest BCUT2D eigenvalue weighted by Gasteiger charge is 2.27. The van der Waals surface area contributed by atoms with Crippen LogP contribution >= 0.6 is 11.8 Å². The monoisotopic (exact) mass is 491 g/mol. The van der Waals surface area contributed by atoms with Crippen molar-refractivity contribution < 1.29 is 23.0 Å². The van der Waals surface area contributed by atoms with Gasteiger partial charge in [-0.1, -0.05) is 29.5 Å². The van der Waals surface area contributed by atoms with Gasteiger partial charge in [-0.2, -0.15) is 4.31 Å². The number of hydrogen-bond donors (Lipinski definition) is 1. The van der Waals surface area contributed by atoms with Crippen molar-refractivity contribution in [1.82, 2.24) is 13.9 Å². The maximum Gasteiger partial charge on any atom is 0.243 e. The first-order valence-corrected chi connectivity index (χ1v) is 13.4. The van der Waals surface area contributed by atoms with Gasteiger partial charge in [-0.25, -0.2) is 13.4 Å². The maximum atomic E-state index is 13.0. The molecule has 1 aromatic heterocycles. The minimum Gasteiger partial charge on any atom is -0.491 e. The van der Waals surface area contributed by atoms with Crippen LogP contribution in [0, 0.1) is 6.92 Å². The standard InChI is InChI=1S/C23H29N3O5S2/c1-3-26-22-9-8-20(33(28,29)25-10-12-30-13-11-25)14-21(22)24-23(26)32-16-18(27)15-31-19-6-4-17(2)5-7-19/h4-9,14,18,27H,3,10-13,15-16H2,1-2H3/t18-/m1/s1. The lowest BCUT2D eigenvalue weighted by Crippen LogP contribution is -2.40. The molecule has 1 N–H and O–H groups in total. The van der Waals surface area contributed by atoms with Gasteiger partial charge in [-0.05, 0) is 44.2 Å². The van der Waals surface area contributed by atoms with Crippen molar-refractivity contribution >= 4 is 32.8 Å². The van der Waals surface area contributed by atoms with E-state index in [-0.39, 0.29) is 11.5 Å². The number of fused-ring (bicyclic) bond motifs is 1. The molecular weight excluding hydrogens is 462 g/mol. The van der Waals surface area contributed by atoms with Crippen LogP contribution in [0.2, 0.25) is 0 Å². The highest BCUT2D eigenvalue weighted by molar-refractivity contribution is 7.99. The molecule has 0 bridgehead atoms. The number of nitrogens with zero attached hydrogens (tertiary/aromatic N) is 3. The smallest absolute Gasteiger partial charge is 0.243 e. The van der Waals surface area contributed by atoms with E-state index >= 15 is 0 Å². The van der Waals surface area contributed by atoms with Crippen LogP contribution in [0.25, 0.3) is 11.0 Å². The van der Waals surface area contributed by atoms with Gasteiger partial charge in [0.15, 0.2) is 5.16 Å². The summed E-state index contributed by atoms with van der Waals surface area (Å²) in [6, 6.07) is 12.8. The number of benzene rings is 2. The lowest BCUT2D eigenvalue weighted by Gasteiger charge is -2.26. The van der Waals surface area contributed by atoms with Gasteiger partial charge in [0, 0.05) is 25.4 Å². The first-order chi connectivity index (χ1) is 15.9. The van der Waals surface area contributed by atoms with Gasteiger partial charge in [0.1, 0.15) is 12.4 Å². The number of aromatic nitrogens is 2. The van der Waals surface area contributed by atoms with Crippen molar-refractivity contribution in [2.75, 3.05) is 38.7 Å². The molecule has 0 saturated carbocycles. The number of thioether (sulfide) groups is 1. The molecule has 0 radical (unpaired) electrons. The Morgan fingerprint density at radius 1 is 1.18 bits per heavy atom. The van der Waals surface area contributed by atoms with Gasteiger partial charge in [0.05, 0.1) is 35.2 Å². The fourth-order valence-electron chi connectivity index (χ4n) is 3.65. The van der Waals surface area contributed by atoms with Crippen molar-refractivity contribution in [3.05, 3.63) is 48.0 Å². The molecule has 2 aromatic carbocycles. The van der Waals surface area contributed by atoms with Crippen molar-refractivity contribution in [3.8, 4) is 5.75 Å². The van der Waals surface area contributed by atoms with E-state index < -0.39 is 16.1 Å². The minimum atomic E-state index is -3.59. The zero-order valence-electron chi connectivity index (χ0n) is 18.8. The number of ether oxygens (including phenoxy) is 2. The molecule has 10 heteroatoms.